The van der Waals surface area contributed by atoms with Crippen LogP contribution < -0.4 is 19.5 Å². The van der Waals surface area contributed by atoms with E-state index in [4.69, 9.17) is 14.2 Å². The number of nitrogens with zero attached hydrogens (tertiary/aromatic N) is 3. The van der Waals surface area contributed by atoms with E-state index >= 15 is 0 Å². The zero-order valence-corrected chi connectivity index (χ0v) is 20.4. The fraction of sp³-hybridized carbons (Fsp3) is 0.269. The van der Waals surface area contributed by atoms with Crippen molar-refractivity contribution in [3.05, 3.63) is 65.1 Å². The highest BCUT2D eigenvalue weighted by Crippen LogP contribution is 2.33. The van der Waals surface area contributed by atoms with Crippen molar-refractivity contribution in [2.75, 3.05) is 33.2 Å². The molecule has 0 bridgehead atoms. The van der Waals surface area contributed by atoms with E-state index in [-0.39, 0.29) is 24.8 Å². The average molecular weight is 477 g/mol. The Morgan fingerprint density at radius 2 is 1.71 bits per heavy atom. The number of aromatic nitrogens is 2. The number of benzene rings is 2. The van der Waals surface area contributed by atoms with Crippen LogP contribution in [0.3, 0.4) is 0 Å². The second-order valence-electron chi connectivity index (χ2n) is 8.19. The van der Waals surface area contributed by atoms with Gasteiger partial charge in [0.2, 0.25) is 11.8 Å². The van der Waals surface area contributed by atoms with E-state index in [1.54, 1.807) is 56.5 Å². The topological polar surface area (TPSA) is 94.9 Å². The van der Waals surface area contributed by atoms with Gasteiger partial charge in [-0.05, 0) is 61.4 Å². The Morgan fingerprint density at radius 3 is 2.37 bits per heavy atom. The van der Waals surface area contributed by atoms with Gasteiger partial charge in [-0.2, -0.15) is 5.10 Å². The number of ether oxygens (including phenoxy) is 3. The molecule has 0 aliphatic carbocycles. The summed E-state index contributed by atoms with van der Waals surface area (Å²) in [5, 5.41) is 7.34. The van der Waals surface area contributed by atoms with Gasteiger partial charge in [0.1, 0.15) is 18.0 Å². The van der Waals surface area contributed by atoms with Gasteiger partial charge in [-0.1, -0.05) is 0 Å². The maximum Gasteiger partial charge on any atom is 0.244 e. The maximum absolute atomic E-state index is 12.8. The summed E-state index contributed by atoms with van der Waals surface area (Å²) in [5.41, 5.74) is 4.84. The van der Waals surface area contributed by atoms with Crippen LogP contribution >= 0.6 is 0 Å². The van der Waals surface area contributed by atoms with Crippen LogP contribution in [0.5, 0.6) is 17.2 Å². The molecule has 182 valence electrons. The molecule has 0 radical (unpaired) electrons. The molecule has 0 unspecified atom stereocenters. The molecule has 0 fully saturated rings. The fourth-order valence-corrected chi connectivity index (χ4v) is 4.06. The van der Waals surface area contributed by atoms with Crippen LogP contribution in [0.2, 0.25) is 0 Å². The van der Waals surface area contributed by atoms with Crippen LogP contribution in [-0.4, -0.2) is 54.4 Å². The highest BCUT2D eigenvalue weighted by Gasteiger charge is 2.22. The van der Waals surface area contributed by atoms with Gasteiger partial charge in [0, 0.05) is 23.6 Å². The maximum atomic E-state index is 12.8. The van der Waals surface area contributed by atoms with Crippen LogP contribution in [-0.2, 0) is 16.0 Å². The molecule has 1 aliphatic rings. The Kier molecular flexibility index (Phi) is 6.77. The van der Waals surface area contributed by atoms with E-state index in [2.05, 4.69) is 10.4 Å². The summed E-state index contributed by atoms with van der Waals surface area (Å²) in [6.45, 7) is 3.76. The zero-order valence-electron chi connectivity index (χ0n) is 20.4. The minimum absolute atomic E-state index is 0.126. The first-order valence-electron chi connectivity index (χ1n) is 11.1. The summed E-state index contributed by atoms with van der Waals surface area (Å²) in [5.74, 6) is 1.17. The van der Waals surface area contributed by atoms with E-state index < -0.39 is 0 Å². The van der Waals surface area contributed by atoms with E-state index in [1.807, 2.05) is 32.0 Å². The van der Waals surface area contributed by atoms with E-state index in [0.717, 1.165) is 28.2 Å². The standard InChI is InChI=1S/C26H28N4O5/c1-16-10-17(2)30(28-16)21-7-6-20(14-22(21)33-3)27-25(31)15-29-9-8-18-11-23(34-4)24(35-5)12-19(18)13-26(29)32/h6-12,14H,13,15H2,1-5H3,(H,27,31). The van der Waals surface area contributed by atoms with Crippen LogP contribution in [0.25, 0.3) is 11.8 Å². The normalized spacial score (nSPS) is 12.7. The molecule has 2 heterocycles. The van der Waals surface area contributed by atoms with Gasteiger partial charge in [0.15, 0.2) is 11.5 Å². The minimum atomic E-state index is -0.329. The molecule has 9 nitrogen and oxygen atoms in total. The summed E-state index contributed by atoms with van der Waals surface area (Å²) in [7, 11) is 4.68. The summed E-state index contributed by atoms with van der Waals surface area (Å²) < 4.78 is 18.0. The lowest BCUT2D eigenvalue weighted by molar-refractivity contribution is -0.131. The average Bonchev–Trinajstić information content (AvgIpc) is 3.10. The van der Waals surface area contributed by atoms with Crippen molar-refractivity contribution in [1.29, 1.82) is 0 Å². The number of rotatable bonds is 7. The Hall–Kier alpha value is -4.27. The lowest BCUT2D eigenvalue weighted by Gasteiger charge is -2.17. The van der Waals surface area contributed by atoms with Crippen molar-refractivity contribution in [3.63, 3.8) is 0 Å². The molecule has 1 N–H and O–H groups in total. The fourth-order valence-electron chi connectivity index (χ4n) is 4.06. The number of carbonyl (C=O) groups excluding carboxylic acids is 2. The van der Waals surface area contributed by atoms with Gasteiger partial charge in [-0.15, -0.1) is 0 Å². The largest absolute Gasteiger partial charge is 0.494 e. The second kappa shape index (κ2) is 9.92. The monoisotopic (exact) mass is 476 g/mol. The third-order valence-corrected chi connectivity index (χ3v) is 5.76. The Morgan fingerprint density at radius 1 is 1.00 bits per heavy atom. The number of hydrogen-bond acceptors (Lipinski definition) is 6. The third kappa shape index (κ3) is 4.98. The molecular formula is C26H28N4O5. The number of nitrogens with one attached hydrogen (secondary N) is 1. The van der Waals surface area contributed by atoms with E-state index in [1.165, 1.54) is 4.90 Å². The second-order valence-corrected chi connectivity index (χ2v) is 8.19. The number of fused-ring (bicyclic) bond motifs is 1. The van der Waals surface area contributed by atoms with Gasteiger partial charge in [0.05, 0.1) is 33.4 Å². The van der Waals surface area contributed by atoms with Crippen molar-refractivity contribution in [2.45, 2.75) is 20.3 Å². The van der Waals surface area contributed by atoms with Crippen molar-refractivity contribution < 1.29 is 23.8 Å². The molecule has 1 aliphatic heterocycles. The van der Waals surface area contributed by atoms with Crippen LogP contribution in [0.15, 0.2) is 42.6 Å². The summed E-state index contributed by atoms with van der Waals surface area (Å²) >= 11 is 0. The van der Waals surface area contributed by atoms with Gasteiger partial charge in [-0.25, -0.2) is 4.68 Å². The molecule has 2 amide bonds. The van der Waals surface area contributed by atoms with Crippen molar-refractivity contribution in [1.82, 2.24) is 14.7 Å². The molecule has 0 saturated carbocycles. The molecule has 0 atom stereocenters. The molecule has 0 spiro atoms. The molecule has 0 saturated heterocycles. The van der Waals surface area contributed by atoms with E-state index in [0.29, 0.717) is 22.9 Å². The summed E-state index contributed by atoms with van der Waals surface area (Å²) in [6.07, 6.45) is 3.55. The lowest BCUT2D eigenvalue weighted by atomic mass is 10.0. The first-order valence-corrected chi connectivity index (χ1v) is 11.1. The molecular weight excluding hydrogens is 448 g/mol. The molecule has 1 aromatic heterocycles. The first-order chi connectivity index (χ1) is 16.8. The number of methoxy groups -OCH3 is 3. The minimum Gasteiger partial charge on any atom is -0.494 e. The predicted molar refractivity (Wildman–Crippen MR) is 132 cm³/mol. The van der Waals surface area contributed by atoms with Gasteiger partial charge < -0.3 is 24.4 Å². The van der Waals surface area contributed by atoms with Crippen LogP contribution in [0, 0.1) is 13.8 Å². The smallest absolute Gasteiger partial charge is 0.244 e. The SMILES string of the molecule is COc1cc2c(cc1OC)CC(=O)N(CC(=O)Nc1ccc(-n3nc(C)cc3C)c(OC)c1)C=C2. The third-order valence-electron chi connectivity index (χ3n) is 5.76. The van der Waals surface area contributed by atoms with Crippen LogP contribution in [0.1, 0.15) is 22.5 Å². The Bertz CT molecular complexity index is 1310. The molecule has 9 heteroatoms. The molecule has 4 rings (SSSR count). The Labute approximate surface area is 203 Å². The van der Waals surface area contributed by atoms with Gasteiger partial charge in [-0.3, -0.25) is 9.59 Å². The first kappa shape index (κ1) is 23.9. The van der Waals surface area contributed by atoms with E-state index in [9.17, 15) is 9.59 Å². The molecule has 3 aromatic rings. The zero-order chi connectivity index (χ0) is 25.1. The van der Waals surface area contributed by atoms with Gasteiger partial charge in [0.25, 0.3) is 0 Å². The van der Waals surface area contributed by atoms with Crippen molar-refractivity contribution in [2.24, 2.45) is 0 Å². The highest BCUT2D eigenvalue weighted by atomic mass is 16.5. The summed E-state index contributed by atoms with van der Waals surface area (Å²) in [4.78, 5) is 27.0. The number of hydrogen-bond donors (Lipinski definition) is 1. The lowest BCUT2D eigenvalue weighted by Crippen LogP contribution is -2.34. The predicted octanol–water partition coefficient (Wildman–Crippen LogP) is 3.51. The highest BCUT2D eigenvalue weighted by molar-refractivity contribution is 5.96. The number of carbonyl (C=O) groups is 2. The summed E-state index contributed by atoms with van der Waals surface area (Å²) in [6, 6.07) is 10.9. The van der Waals surface area contributed by atoms with Crippen molar-refractivity contribution >= 4 is 23.6 Å². The quantitative estimate of drug-likeness (QED) is 0.561. The van der Waals surface area contributed by atoms with Crippen LogP contribution in [0.4, 0.5) is 5.69 Å². The van der Waals surface area contributed by atoms with Crippen molar-refractivity contribution in [3.8, 4) is 22.9 Å². The molecule has 2 aromatic carbocycles. The molecule has 35 heavy (non-hydrogen) atoms. The van der Waals surface area contributed by atoms with Gasteiger partial charge >= 0.3 is 0 Å². The number of amides is 2. The Balaban J connectivity index is 1.48. The number of aryl methyl sites for hydroxylation is 2. The number of anilines is 1.